The van der Waals surface area contributed by atoms with Crippen LogP contribution in [0.25, 0.3) is 33.3 Å². The number of H-pyrrole nitrogens is 1. The number of aliphatic hydroxyl groups is 1. The third-order valence-corrected chi connectivity index (χ3v) is 6.63. The first-order valence-corrected chi connectivity index (χ1v) is 11.8. The standard InChI is InChI=1S/C28H30N4O2/c1-17-10-22(11-21-8-9-29-14-25(17)21)23-12-24-26(15-31-27(24)30-13-23)19-4-6-20(7-5-19)28(34)32(3)16-18(2)33/h4-7,10-13,15,18,29,33H,8-9,14,16H2,1-3H3,(H,30,31). The Labute approximate surface area is 199 Å². The van der Waals surface area contributed by atoms with E-state index in [2.05, 4.69) is 40.4 Å². The molecule has 0 saturated heterocycles. The van der Waals surface area contributed by atoms with E-state index in [1.807, 2.05) is 36.7 Å². The number of aryl methyl sites for hydroxylation is 1. The molecule has 1 aliphatic heterocycles. The Hall–Kier alpha value is -3.48. The number of hydrogen-bond donors (Lipinski definition) is 3. The number of nitrogens with zero attached hydrogens (tertiary/aromatic N) is 2. The molecule has 2 aromatic heterocycles. The van der Waals surface area contributed by atoms with E-state index in [0.717, 1.165) is 47.2 Å². The number of aliphatic hydroxyl groups excluding tert-OH is 1. The van der Waals surface area contributed by atoms with Crippen LogP contribution in [0.15, 0.2) is 54.9 Å². The second-order valence-corrected chi connectivity index (χ2v) is 9.29. The van der Waals surface area contributed by atoms with E-state index in [1.54, 1.807) is 14.0 Å². The van der Waals surface area contributed by atoms with Gasteiger partial charge >= 0.3 is 0 Å². The second kappa shape index (κ2) is 9.05. The molecule has 6 heteroatoms. The molecule has 3 heterocycles. The summed E-state index contributed by atoms with van der Waals surface area (Å²) in [6.07, 6.45) is 4.40. The number of likely N-dealkylation sites (N-methyl/N-ethyl adjacent to an activating group) is 1. The van der Waals surface area contributed by atoms with Crippen LogP contribution in [0.4, 0.5) is 0 Å². The van der Waals surface area contributed by atoms with Crippen molar-refractivity contribution in [2.24, 2.45) is 0 Å². The summed E-state index contributed by atoms with van der Waals surface area (Å²) in [7, 11) is 1.70. The lowest BCUT2D eigenvalue weighted by atomic mass is 9.91. The third kappa shape index (κ3) is 4.22. The van der Waals surface area contributed by atoms with Crippen LogP contribution in [-0.2, 0) is 13.0 Å². The van der Waals surface area contributed by atoms with Crippen LogP contribution in [0.2, 0.25) is 0 Å². The van der Waals surface area contributed by atoms with Crippen LogP contribution in [0, 0.1) is 6.92 Å². The predicted molar refractivity (Wildman–Crippen MR) is 136 cm³/mol. The Morgan fingerprint density at radius 2 is 1.94 bits per heavy atom. The van der Waals surface area contributed by atoms with Gasteiger partial charge in [0.2, 0.25) is 0 Å². The molecule has 0 fully saturated rings. The minimum atomic E-state index is -0.559. The number of hydrogen-bond acceptors (Lipinski definition) is 4. The van der Waals surface area contributed by atoms with Crippen LogP contribution in [0.1, 0.15) is 34.0 Å². The van der Waals surface area contributed by atoms with Crippen LogP contribution in [-0.4, -0.2) is 52.1 Å². The lowest BCUT2D eigenvalue weighted by Gasteiger charge is -2.20. The zero-order valence-electron chi connectivity index (χ0n) is 19.9. The van der Waals surface area contributed by atoms with Crippen molar-refractivity contribution in [3.8, 4) is 22.3 Å². The van der Waals surface area contributed by atoms with E-state index < -0.39 is 6.10 Å². The highest BCUT2D eigenvalue weighted by Crippen LogP contribution is 2.33. The van der Waals surface area contributed by atoms with Crippen molar-refractivity contribution >= 4 is 16.9 Å². The summed E-state index contributed by atoms with van der Waals surface area (Å²) in [5, 5.41) is 14.1. The number of carbonyl (C=O) groups excluding carboxylic acids is 1. The van der Waals surface area contributed by atoms with Crippen LogP contribution in [0.5, 0.6) is 0 Å². The topological polar surface area (TPSA) is 81.2 Å². The molecule has 174 valence electrons. The quantitative estimate of drug-likeness (QED) is 0.420. The van der Waals surface area contributed by atoms with E-state index in [9.17, 15) is 9.90 Å². The van der Waals surface area contributed by atoms with E-state index >= 15 is 0 Å². The van der Waals surface area contributed by atoms with Gasteiger partial charge in [-0.25, -0.2) is 4.98 Å². The third-order valence-electron chi connectivity index (χ3n) is 6.63. The van der Waals surface area contributed by atoms with Gasteiger partial charge in [-0.2, -0.15) is 0 Å². The van der Waals surface area contributed by atoms with Crippen molar-refractivity contribution in [3.63, 3.8) is 0 Å². The summed E-state index contributed by atoms with van der Waals surface area (Å²) in [6.45, 7) is 6.12. The summed E-state index contributed by atoms with van der Waals surface area (Å²) >= 11 is 0. The number of amides is 1. The van der Waals surface area contributed by atoms with Crippen molar-refractivity contribution < 1.29 is 9.90 Å². The summed E-state index contributed by atoms with van der Waals surface area (Å²) in [5.74, 6) is -0.103. The summed E-state index contributed by atoms with van der Waals surface area (Å²) in [6, 6.07) is 14.4. The van der Waals surface area contributed by atoms with Crippen molar-refractivity contribution in [2.75, 3.05) is 20.1 Å². The number of rotatable bonds is 5. The molecule has 0 bridgehead atoms. The Kier molecular flexibility index (Phi) is 5.94. The molecule has 0 saturated carbocycles. The number of benzene rings is 2. The van der Waals surface area contributed by atoms with Crippen molar-refractivity contribution in [1.29, 1.82) is 0 Å². The number of aromatic amines is 1. The molecule has 3 N–H and O–H groups in total. The van der Waals surface area contributed by atoms with Crippen molar-refractivity contribution in [2.45, 2.75) is 32.9 Å². The molecule has 1 amide bonds. The molecular weight excluding hydrogens is 424 g/mol. The maximum Gasteiger partial charge on any atom is 0.253 e. The number of fused-ring (bicyclic) bond motifs is 2. The van der Waals surface area contributed by atoms with Gasteiger partial charge in [-0.05, 0) is 72.8 Å². The second-order valence-electron chi connectivity index (χ2n) is 9.29. The molecule has 4 aromatic rings. The first-order chi connectivity index (χ1) is 16.4. The molecule has 34 heavy (non-hydrogen) atoms. The van der Waals surface area contributed by atoms with Gasteiger partial charge in [-0.15, -0.1) is 0 Å². The lowest BCUT2D eigenvalue weighted by molar-refractivity contribution is 0.0703. The Bertz CT molecular complexity index is 1360. The Morgan fingerprint density at radius 3 is 2.71 bits per heavy atom. The number of nitrogens with one attached hydrogen (secondary N) is 2. The van der Waals surface area contributed by atoms with Gasteiger partial charge in [-0.3, -0.25) is 4.79 Å². The average Bonchev–Trinajstić information content (AvgIpc) is 3.26. The zero-order chi connectivity index (χ0) is 23.8. The minimum Gasteiger partial charge on any atom is -0.392 e. The predicted octanol–water partition coefficient (Wildman–Crippen LogP) is 4.30. The molecule has 1 unspecified atom stereocenters. The molecule has 2 aromatic carbocycles. The largest absolute Gasteiger partial charge is 0.392 e. The van der Waals surface area contributed by atoms with Gasteiger partial charge in [0.05, 0.1) is 6.10 Å². The highest BCUT2D eigenvalue weighted by molar-refractivity contribution is 5.98. The highest BCUT2D eigenvalue weighted by Gasteiger charge is 2.16. The number of aromatic nitrogens is 2. The van der Waals surface area contributed by atoms with Gasteiger partial charge in [-0.1, -0.05) is 24.3 Å². The fourth-order valence-corrected chi connectivity index (χ4v) is 4.86. The molecular formula is C28H30N4O2. The van der Waals surface area contributed by atoms with Gasteiger partial charge in [0.15, 0.2) is 0 Å². The van der Waals surface area contributed by atoms with E-state index in [4.69, 9.17) is 0 Å². The molecule has 6 nitrogen and oxygen atoms in total. The maximum absolute atomic E-state index is 12.6. The highest BCUT2D eigenvalue weighted by atomic mass is 16.3. The molecule has 0 radical (unpaired) electrons. The zero-order valence-corrected chi connectivity index (χ0v) is 19.9. The van der Waals surface area contributed by atoms with Crippen LogP contribution in [0.3, 0.4) is 0 Å². The molecule has 1 aliphatic rings. The number of carbonyl (C=O) groups is 1. The monoisotopic (exact) mass is 454 g/mol. The van der Waals surface area contributed by atoms with E-state index in [1.165, 1.54) is 27.2 Å². The smallest absolute Gasteiger partial charge is 0.253 e. The number of pyridine rings is 1. The minimum absolute atomic E-state index is 0.103. The normalized spacial score (nSPS) is 14.1. The maximum atomic E-state index is 12.6. The van der Waals surface area contributed by atoms with E-state index in [0.29, 0.717) is 12.1 Å². The summed E-state index contributed by atoms with van der Waals surface area (Å²) < 4.78 is 0. The van der Waals surface area contributed by atoms with Crippen LogP contribution < -0.4 is 5.32 Å². The van der Waals surface area contributed by atoms with Crippen LogP contribution >= 0.6 is 0 Å². The Morgan fingerprint density at radius 1 is 1.15 bits per heavy atom. The first-order valence-electron chi connectivity index (χ1n) is 11.8. The van der Waals surface area contributed by atoms with Gasteiger partial charge < -0.3 is 20.3 Å². The van der Waals surface area contributed by atoms with Crippen molar-refractivity contribution in [3.05, 3.63) is 77.1 Å². The fourth-order valence-electron chi connectivity index (χ4n) is 4.86. The summed E-state index contributed by atoms with van der Waals surface area (Å²) in [4.78, 5) is 22.1. The Balaban J connectivity index is 1.47. The first kappa shape index (κ1) is 22.3. The molecule has 0 aliphatic carbocycles. The molecule has 5 rings (SSSR count). The van der Waals surface area contributed by atoms with Gasteiger partial charge in [0.1, 0.15) is 5.65 Å². The van der Waals surface area contributed by atoms with Gasteiger partial charge in [0.25, 0.3) is 5.91 Å². The SMILES string of the molecule is Cc1cc(-c2cnc3[nH]cc(-c4ccc(C(=O)N(C)CC(C)O)cc4)c3c2)cc2c1CNCC2. The van der Waals surface area contributed by atoms with E-state index in [-0.39, 0.29) is 5.91 Å². The van der Waals surface area contributed by atoms with Crippen molar-refractivity contribution in [1.82, 2.24) is 20.2 Å². The lowest BCUT2D eigenvalue weighted by Crippen LogP contribution is -2.32. The fraction of sp³-hybridized carbons (Fsp3) is 0.286. The molecule has 1 atom stereocenters. The van der Waals surface area contributed by atoms with Gasteiger partial charge in [0, 0.05) is 54.6 Å². The molecule has 0 spiro atoms. The summed E-state index contributed by atoms with van der Waals surface area (Å²) in [5.41, 5.74) is 9.97. The average molecular weight is 455 g/mol.